The zero-order valence-electron chi connectivity index (χ0n) is 8.53. The van der Waals surface area contributed by atoms with Crippen LogP contribution in [0.5, 0.6) is 0 Å². The molecule has 6 N–H and O–H groups in total. The van der Waals surface area contributed by atoms with Crippen LogP contribution in [0.25, 0.3) is 0 Å². The Kier molecular flexibility index (Phi) is 5.82. The lowest BCUT2D eigenvalue weighted by atomic mass is 10.0. The lowest BCUT2D eigenvalue weighted by Gasteiger charge is -2.11. The van der Waals surface area contributed by atoms with Crippen molar-refractivity contribution in [3.8, 4) is 0 Å². The van der Waals surface area contributed by atoms with Crippen molar-refractivity contribution in [2.24, 2.45) is 22.4 Å². The minimum absolute atomic E-state index is 0.00993. The molecule has 0 unspecified atom stereocenters. The van der Waals surface area contributed by atoms with Crippen molar-refractivity contribution in [2.45, 2.75) is 26.3 Å². The quantitative estimate of drug-likeness (QED) is 0.265. The van der Waals surface area contributed by atoms with Crippen molar-refractivity contribution in [3.05, 3.63) is 0 Å². The van der Waals surface area contributed by atoms with Gasteiger partial charge in [-0.05, 0) is 6.42 Å². The predicted molar refractivity (Wildman–Crippen MR) is 53.8 cm³/mol. The molecule has 14 heavy (non-hydrogen) atoms. The minimum Gasteiger partial charge on any atom is -0.368 e. The molecule has 0 aromatic heterocycles. The van der Waals surface area contributed by atoms with Crippen LogP contribution in [-0.4, -0.2) is 29.5 Å². The van der Waals surface area contributed by atoms with Crippen molar-refractivity contribution in [3.63, 3.8) is 0 Å². The number of nitrogens with two attached hydrogens (primary N) is 2. The predicted octanol–water partition coefficient (Wildman–Crippen LogP) is -0.778. The largest absolute Gasteiger partial charge is 0.368 e. The van der Waals surface area contributed by atoms with E-state index in [-0.39, 0.29) is 17.7 Å². The molecule has 0 heterocycles. The molecule has 0 fully saturated rings. The number of hydrogen-bond acceptors (Lipinski definition) is 4. The molecule has 0 aromatic rings. The first-order valence-electron chi connectivity index (χ1n) is 4.48. The van der Waals surface area contributed by atoms with Crippen LogP contribution in [0.1, 0.15) is 20.3 Å². The number of hydrogen-bond donors (Lipinski definition) is 4. The summed E-state index contributed by atoms with van der Waals surface area (Å²) in [5.41, 5.74) is 12.5. The number of nitrogens with zero attached hydrogens (tertiary/aromatic N) is 1. The summed E-state index contributed by atoms with van der Waals surface area (Å²) < 4.78 is 0. The lowest BCUT2D eigenvalue weighted by Crippen LogP contribution is -2.35. The summed E-state index contributed by atoms with van der Waals surface area (Å²) in [5, 5.41) is 8.29. The summed E-state index contributed by atoms with van der Waals surface area (Å²) in [7, 11) is 0. The number of Topliss-reactive ketones (excluding diaryl/α,β-unsaturated/α-hetero) is 1. The van der Waals surface area contributed by atoms with Crippen molar-refractivity contribution >= 4 is 11.7 Å². The SMILES string of the molecule is CC(C)C(=O)[C@@H](N)CCN=C(N)NO. The fourth-order valence-corrected chi connectivity index (χ4v) is 0.930. The number of carbonyl (C=O) groups is 1. The highest BCUT2D eigenvalue weighted by molar-refractivity contribution is 5.85. The van der Waals surface area contributed by atoms with E-state index in [1.165, 1.54) is 0 Å². The first kappa shape index (κ1) is 12.9. The Morgan fingerprint density at radius 3 is 2.57 bits per heavy atom. The number of hydroxylamine groups is 1. The lowest BCUT2D eigenvalue weighted by molar-refractivity contribution is -0.123. The Hall–Kier alpha value is -1.14. The van der Waals surface area contributed by atoms with Gasteiger partial charge in [-0.1, -0.05) is 13.8 Å². The van der Waals surface area contributed by atoms with Crippen LogP contribution in [0.4, 0.5) is 0 Å². The van der Waals surface area contributed by atoms with Crippen molar-refractivity contribution < 1.29 is 10.0 Å². The van der Waals surface area contributed by atoms with E-state index >= 15 is 0 Å². The summed E-state index contributed by atoms with van der Waals surface area (Å²) in [6.45, 7) is 3.92. The molecule has 0 bridgehead atoms. The molecule has 1 atom stereocenters. The molecule has 0 saturated heterocycles. The van der Waals surface area contributed by atoms with Gasteiger partial charge in [0, 0.05) is 12.5 Å². The average molecular weight is 202 g/mol. The standard InChI is InChI=1S/C8H18N4O2/c1-5(2)7(13)6(9)3-4-11-8(10)12-14/h5-6,14H,3-4,9H2,1-2H3,(H3,10,11,12)/t6-/m0/s1. The maximum Gasteiger partial charge on any atom is 0.212 e. The fraction of sp³-hybridized carbons (Fsp3) is 0.750. The van der Waals surface area contributed by atoms with E-state index in [0.717, 1.165) is 0 Å². The Balaban J connectivity index is 3.85. The van der Waals surface area contributed by atoms with Crippen molar-refractivity contribution in [1.29, 1.82) is 0 Å². The molecule has 0 aromatic carbocycles. The van der Waals surface area contributed by atoms with E-state index in [1.54, 1.807) is 19.3 Å². The van der Waals surface area contributed by atoms with Gasteiger partial charge >= 0.3 is 0 Å². The second-order valence-electron chi connectivity index (χ2n) is 3.33. The van der Waals surface area contributed by atoms with Gasteiger partial charge in [0.1, 0.15) is 0 Å². The number of ketones is 1. The van der Waals surface area contributed by atoms with E-state index in [9.17, 15) is 4.79 Å². The summed E-state index contributed by atoms with van der Waals surface area (Å²) >= 11 is 0. The number of rotatable bonds is 5. The second kappa shape index (κ2) is 6.33. The summed E-state index contributed by atoms with van der Waals surface area (Å²) in [6, 6.07) is -0.509. The zero-order chi connectivity index (χ0) is 11.1. The molecule has 0 saturated carbocycles. The Morgan fingerprint density at radius 1 is 1.57 bits per heavy atom. The van der Waals surface area contributed by atoms with Crippen LogP contribution in [0.3, 0.4) is 0 Å². The minimum atomic E-state index is -0.509. The fourth-order valence-electron chi connectivity index (χ4n) is 0.930. The van der Waals surface area contributed by atoms with Crippen LogP contribution in [0.15, 0.2) is 4.99 Å². The summed E-state index contributed by atoms with van der Waals surface area (Å²) in [6.07, 6.45) is 0.430. The maximum absolute atomic E-state index is 11.3. The molecular formula is C8H18N4O2. The highest BCUT2D eigenvalue weighted by Crippen LogP contribution is 2.01. The molecule has 0 aliphatic carbocycles. The Labute approximate surface area is 83.3 Å². The maximum atomic E-state index is 11.3. The van der Waals surface area contributed by atoms with Crippen LogP contribution < -0.4 is 16.9 Å². The van der Waals surface area contributed by atoms with Gasteiger partial charge in [-0.2, -0.15) is 0 Å². The normalized spacial score (nSPS) is 14.2. The van der Waals surface area contributed by atoms with Crippen LogP contribution in [0, 0.1) is 5.92 Å². The second-order valence-corrected chi connectivity index (χ2v) is 3.33. The highest BCUT2D eigenvalue weighted by Gasteiger charge is 2.15. The highest BCUT2D eigenvalue weighted by atomic mass is 16.5. The number of guanidine groups is 1. The van der Waals surface area contributed by atoms with Gasteiger partial charge < -0.3 is 11.5 Å². The van der Waals surface area contributed by atoms with E-state index < -0.39 is 6.04 Å². The Bertz CT molecular complexity index is 215. The molecule has 82 valence electrons. The molecule has 6 heteroatoms. The van der Waals surface area contributed by atoms with Crippen molar-refractivity contribution in [1.82, 2.24) is 5.48 Å². The van der Waals surface area contributed by atoms with Gasteiger partial charge in [0.2, 0.25) is 5.96 Å². The van der Waals surface area contributed by atoms with Crippen molar-refractivity contribution in [2.75, 3.05) is 6.54 Å². The first-order chi connectivity index (χ1) is 6.49. The molecule has 0 aliphatic heterocycles. The summed E-state index contributed by atoms with van der Waals surface area (Å²) in [5.74, 6) is -0.132. The monoisotopic (exact) mass is 202 g/mol. The molecule has 0 radical (unpaired) electrons. The van der Waals surface area contributed by atoms with Crippen LogP contribution in [-0.2, 0) is 4.79 Å². The van der Waals surface area contributed by atoms with E-state index in [4.69, 9.17) is 16.7 Å². The number of carbonyl (C=O) groups excluding carboxylic acids is 1. The molecule has 0 rings (SSSR count). The average Bonchev–Trinajstić information content (AvgIpc) is 2.15. The molecule has 6 nitrogen and oxygen atoms in total. The van der Waals surface area contributed by atoms with E-state index in [0.29, 0.717) is 13.0 Å². The van der Waals surface area contributed by atoms with Gasteiger partial charge in [-0.3, -0.25) is 15.0 Å². The Morgan fingerprint density at radius 2 is 2.14 bits per heavy atom. The van der Waals surface area contributed by atoms with Crippen LogP contribution >= 0.6 is 0 Å². The van der Waals surface area contributed by atoms with Gasteiger partial charge in [-0.15, -0.1) is 0 Å². The summed E-state index contributed by atoms with van der Waals surface area (Å²) in [4.78, 5) is 15.0. The topological polar surface area (TPSA) is 114 Å². The molecule has 0 amide bonds. The molecular weight excluding hydrogens is 184 g/mol. The first-order valence-corrected chi connectivity index (χ1v) is 4.48. The molecule has 0 spiro atoms. The third-order valence-electron chi connectivity index (χ3n) is 1.77. The smallest absolute Gasteiger partial charge is 0.212 e. The molecule has 0 aliphatic rings. The van der Waals surface area contributed by atoms with E-state index in [2.05, 4.69) is 4.99 Å². The van der Waals surface area contributed by atoms with Gasteiger partial charge in [-0.25, -0.2) is 5.48 Å². The van der Waals surface area contributed by atoms with Gasteiger partial charge in [0.15, 0.2) is 5.78 Å². The zero-order valence-corrected chi connectivity index (χ0v) is 8.53. The number of nitrogens with one attached hydrogen (secondary N) is 1. The van der Waals surface area contributed by atoms with E-state index in [1.807, 2.05) is 0 Å². The number of aliphatic imine (C=N–C) groups is 1. The van der Waals surface area contributed by atoms with Gasteiger partial charge in [0.05, 0.1) is 6.04 Å². The van der Waals surface area contributed by atoms with Gasteiger partial charge in [0.25, 0.3) is 0 Å². The third-order valence-corrected chi connectivity index (χ3v) is 1.77. The third kappa shape index (κ3) is 4.78. The van der Waals surface area contributed by atoms with Crippen LogP contribution in [0.2, 0.25) is 0 Å².